The molecule has 4 heteroatoms. The molecule has 2 rings (SSSR count). The molecular weight excluding hydrogens is 264 g/mol. The van der Waals surface area contributed by atoms with Crippen LogP contribution in [0.25, 0.3) is 6.08 Å². The van der Waals surface area contributed by atoms with Crippen molar-refractivity contribution in [1.82, 2.24) is 0 Å². The van der Waals surface area contributed by atoms with Gasteiger partial charge in [-0.05, 0) is 36.5 Å². The second kappa shape index (κ2) is 6.02. The predicted octanol–water partition coefficient (Wildman–Crippen LogP) is 3.81. The maximum atomic E-state index is 12.1. The zero-order chi connectivity index (χ0) is 13.8. The lowest BCUT2D eigenvalue weighted by Gasteiger charge is -2.15. The van der Waals surface area contributed by atoms with Gasteiger partial charge in [0, 0.05) is 23.4 Å². The van der Waals surface area contributed by atoms with Gasteiger partial charge in [0.05, 0.1) is 0 Å². The van der Waals surface area contributed by atoms with Gasteiger partial charge in [-0.1, -0.05) is 29.8 Å². The number of Topliss-reactive ketones (excluding diaryl/α,β-unsaturated/α-hetero) is 1. The van der Waals surface area contributed by atoms with Crippen molar-refractivity contribution < 1.29 is 14.7 Å². The number of benzene rings is 1. The van der Waals surface area contributed by atoms with Crippen molar-refractivity contribution in [2.24, 2.45) is 5.92 Å². The fraction of sp³-hybridized carbons (Fsp3) is 0.333. The van der Waals surface area contributed by atoms with E-state index < -0.39 is 5.97 Å². The van der Waals surface area contributed by atoms with E-state index in [0.717, 1.165) is 5.56 Å². The van der Waals surface area contributed by atoms with Crippen molar-refractivity contribution >= 4 is 29.4 Å². The van der Waals surface area contributed by atoms with E-state index in [-0.39, 0.29) is 18.1 Å². The lowest BCUT2D eigenvalue weighted by molar-refractivity contribution is -0.137. The van der Waals surface area contributed by atoms with Crippen LogP contribution in [0.3, 0.4) is 0 Å². The number of carbonyl (C=O) groups excluding carboxylic acids is 1. The number of carbonyl (C=O) groups is 2. The molecular formula is C15H15ClO3. The van der Waals surface area contributed by atoms with Crippen molar-refractivity contribution in [3.63, 3.8) is 0 Å². The number of fused-ring (bicyclic) bond motifs is 1. The Bertz CT molecular complexity index is 534. The Labute approximate surface area is 116 Å². The first-order valence-corrected chi connectivity index (χ1v) is 6.67. The van der Waals surface area contributed by atoms with Crippen LogP contribution in [0.15, 0.2) is 24.3 Å². The molecule has 1 aromatic rings. The molecule has 0 aliphatic heterocycles. The van der Waals surface area contributed by atoms with Crippen LogP contribution in [0, 0.1) is 5.92 Å². The van der Waals surface area contributed by atoms with Crippen molar-refractivity contribution in [2.75, 3.05) is 0 Å². The number of aliphatic carboxylic acids is 1. The van der Waals surface area contributed by atoms with Crippen molar-refractivity contribution in [3.8, 4) is 0 Å². The number of ketones is 1. The zero-order valence-corrected chi connectivity index (χ0v) is 11.2. The van der Waals surface area contributed by atoms with E-state index >= 15 is 0 Å². The molecule has 0 aromatic heterocycles. The fourth-order valence-electron chi connectivity index (χ4n) is 2.25. The van der Waals surface area contributed by atoms with E-state index in [1.54, 1.807) is 12.1 Å². The summed E-state index contributed by atoms with van der Waals surface area (Å²) in [7, 11) is 0. The monoisotopic (exact) mass is 278 g/mol. The van der Waals surface area contributed by atoms with Gasteiger partial charge in [0.25, 0.3) is 0 Å². The van der Waals surface area contributed by atoms with Gasteiger partial charge in [-0.15, -0.1) is 0 Å². The standard InChI is InChI=1S/C15H15ClO3/c16-12-6-5-11-4-1-10(3-8-15(18)19)2-7-14(17)13(11)9-12/h1,4-6,9-10H,2-3,7-8H2,(H,18,19)/b4-1-. The highest BCUT2D eigenvalue weighted by Crippen LogP contribution is 2.26. The number of hydrogen-bond acceptors (Lipinski definition) is 2. The van der Waals surface area contributed by atoms with Gasteiger partial charge in [-0.2, -0.15) is 0 Å². The lowest BCUT2D eigenvalue weighted by Crippen LogP contribution is -2.09. The van der Waals surface area contributed by atoms with Gasteiger partial charge in [0.1, 0.15) is 0 Å². The topological polar surface area (TPSA) is 54.4 Å². The Morgan fingerprint density at radius 3 is 2.95 bits per heavy atom. The first-order chi connectivity index (χ1) is 9.06. The van der Waals surface area contributed by atoms with E-state index in [2.05, 4.69) is 0 Å². The van der Waals surface area contributed by atoms with Crippen LogP contribution in [0.1, 0.15) is 41.6 Å². The van der Waals surface area contributed by atoms with Crippen molar-refractivity contribution in [3.05, 3.63) is 40.4 Å². The normalized spacial score (nSPS) is 20.3. The summed E-state index contributed by atoms with van der Waals surface area (Å²) in [6.07, 6.45) is 5.73. The molecule has 0 saturated carbocycles. The van der Waals surface area contributed by atoms with Gasteiger partial charge >= 0.3 is 5.97 Å². The second-order valence-corrected chi connectivity index (χ2v) is 5.18. The second-order valence-electron chi connectivity index (χ2n) is 4.75. The molecule has 1 aromatic carbocycles. The third-order valence-electron chi connectivity index (χ3n) is 3.33. The van der Waals surface area contributed by atoms with Gasteiger partial charge < -0.3 is 5.11 Å². The minimum absolute atomic E-state index is 0.0715. The Morgan fingerprint density at radius 1 is 1.42 bits per heavy atom. The maximum Gasteiger partial charge on any atom is 0.303 e. The Morgan fingerprint density at radius 2 is 2.21 bits per heavy atom. The van der Waals surface area contributed by atoms with Gasteiger partial charge in [-0.25, -0.2) is 0 Å². The molecule has 1 aliphatic carbocycles. The molecule has 1 atom stereocenters. The summed E-state index contributed by atoms with van der Waals surface area (Å²) in [6, 6.07) is 5.28. The van der Waals surface area contributed by atoms with E-state index in [1.165, 1.54) is 0 Å². The number of hydrogen-bond donors (Lipinski definition) is 1. The molecule has 3 nitrogen and oxygen atoms in total. The minimum Gasteiger partial charge on any atom is -0.481 e. The molecule has 0 spiro atoms. The van der Waals surface area contributed by atoms with Crippen LogP contribution in [0.5, 0.6) is 0 Å². The summed E-state index contributed by atoms with van der Waals surface area (Å²) in [6.45, 7) is 0. The summed E-state index contributed by atoms with van der Waals surface area (Å²) in [4.78, 5) is 22.7. The lowest BCUT2D eigenvalue weighted by atomic mass is 9.89. The highest BCUT2D eigenvalue weighted by molar-refractivity contribution is 6.31. The molecule has 0 saturated heterocycles. The Hall–Kier alpha value is -1.61. The molecule has 19 heavy (non-hydrogen) atoms. The number of allylic oxidation sites excluding steroid dienone is 1. The van der Waals surface area contributed by atoms with Crippen LogP contribution >= 0.6 is 11.6 Å². The van der Waals surface area contributed by atoms with Crippen LogP contribution in [0.4, 0.5) is 0 Å². The molecule has 1 unspecified atom stereocenters. The summed E-state index contributed by atoms with van der Waals surface area (Å²) in [5.74, 6) is -0.583. The summed E-state index contributed by atoms with van der Waals surface area (Å²) >= 11 is 5.91. The smallest absolute Gasteiger partial charge is 0.303 e. The molecule has 0 amide bonds. The summed E-state index contributed by atoms with van der Waals surface area (Å²) < 4.78 is 0. The van der Waals surface area contributed by atoms with Crippen molar-refractivity contribution in [1.29, 1.82) is 0 Å². The van der Waals surface area contributed by atoms with Gasteiger partial charge in [0.2, 0.25) is 0 Å². The van der Waals surface area contributed by atoms with Crippen molar-refractivity contribution in [2.45, 2.75) is 25.7 Å². The predicted molar refractivity (Wildman–Crippen MR) is 74.4 cm³/mol. The fourth-order valence-corrected chi connectivity index (χ4v) is 2.42. The molecule has 0 radical (unpaired) electrons. The summed E-state index contributed by atoms with van der Waals surface area (Å²) in [5, 5.41) is 9.26. The first-order valence-electron chi connectivity index (χ1n) is 6.29. The van der Waals surface area contributed by atoms with Crippen LogP contribution in [-0.4, -0.2) is 16.9 Å². The molecule has 0 heterocycles. The zero-order valence-electron chi connectivity index (χ0n) is 10.4. The van der Waals surface area contributed by atoms with Gasteiger partial charge in [0.15, 0.2) is 5.78 Å². The number of carboxylic acid groups (broad SMARTS) is 1. The number of rotatable bonds is 3. The molecule has 0 fully saturated rings. The van der Waals surface area contributed by atoms with E-state index in [1.807, 2.05) is 18.2 Å². The quantitative estimate of drug-likeness (QED) is 0.915. The maximum absolute atomic E-state index is 12.1. The molecule has 0 bridgehead atoms. The van der Waals surface area contributed by atoms with Gasteiger partial charge in [-0.3, -0.25) is 9.59 Å². The van der Waals surface area contributed by atoms with E-state index in [0.29, 0.717) is 29.8 Å². The minimum atomic E-state index is -0.797. The molecule has 100 valence electrons. The average molecular weight is 279 g/mol. The van der Waals surface area contributed by atoms with Crippen LogP contribution in [0.2, 0.25) is 5.02 Å². The van der Waals surface area contributed by atoms with Crippen LogP contribution < -0.4 is 0 Å². The first kappa shape index (κ1) is 13.8. The Kier molecular flexibility index (Phi) is 4.38. The van der Waals surface area contributed by atoms with E-state index in [9.17, 15) is 9.59 Å². The largest absolute Gasteiger partial charge is 0.481 e. The highest BCUT2D eigenvalue weighted by atomic mass is 35.5. The number of carboxylic acids is 1. The SMILES string of the molecule is O=C(O)CCC1/C=C\c2ccc(Cl)cc2C(=O)CC1. The third kappa shape index (κ3) is 3.67. The molecule has 1 aliphatic rings. The Balaban J connectivity index is 2.21. The molecule has 1 N–H and O–H groups in total. The average Bonchev–Trinajstić information content (AvgIpc) is 2.36. The highest BCUT2D eigenvalue weighted by Gasteiger charge is 2.17. The third-order valence-corrected chi connectivity index (χ3v) is 3.57. The van der Waals surface area contributed by atoms with Crippen LogP contribution in [-0.2, 0) is 4.79 Å². The van der Waals surface area contributed by atoms with E-state index in [4.69, 9.17) is 16.7 Å². The number of halogens is 1. The summed E-state index contributed by atoms with van der Waals surface area (Å²) in [5.41, 5.74) is 1.51.